The minimum Gasteiger partial charge on any atom is -0.455 e. The number of nitrogens with two attached hydrogens (primary N) is 1. The fourth-order valence-electron chi connectivity index (χ4n) is 6.46. The van der Waals surface area contributed by atoms with Crippen LogP contribution in [0.3, 0.4) is 0 Å². The topological polar surface area (TPSA) is 112 Å². The summed E-state index contributed by atoms with van der Waals surface area (Å²) in [6.07, 6.45) is 3.99. The van der Waals surface area contributed by atoms with Crippen LogP contribution in [0.2, 0.25) is 5.02 Å². The van der Waals surface area contributed by atoms with Crippen molar-refractivity contribution in [1.29, 1.82) is 0 Å². The van der Waals surface area contributed by atoms with Gasteiger partial charge in [0.15, 0.2) is 0 Å². The largest absolute Gasteiger partial charge is 0.455 e. The third-order valence-electron chi connectivity index (χ3n) is 9.25. The van der Waals surface area contributed by atoms with Crippen LogP contribution < -0.4 is 25.4 Å². The highest BCUT2D eigenvalue weighted by Crippen LogP contribution is 2.42. The van der Waals surface area contributed by atoms with Gasteiger partial charge in [-0.1, -0.05) is 48.0 Å². The number of amides is 1. The maximum Gasteiger partial charge on any atom is 0.446 e. The fourth-order valence-corrected chi connectivity index (χ4v) is 7.98. The highest BCUT2D eigenvalue weighted by molar-refractivity contribution is 8.00. The van der Waals surface area contributed by atoms with Gasteiger partial charge in [0, 0.05) is 83.1 Å². The zero-order valence-electron chi connectivity index (χ0n) is 30.1. The first-order chi connectivity index (χ1) is 27.1. The van der Waals surface area contributed by atoms with Crippen LogP contribution in [0.5, 0.6) is 11.5 Å². The van der Waals surface area contributed by atoms with E-state index in [1.165, 1.54) is 17.2 Å². The lowest BCUT2D eigenvalue weighted by Gasteiger charge is -2.36. The molecule has 1 amide bonds. The SMILES string of the molecule is NCCCNc1ccc(SNC(=O)c2ccc(N3CCN(Cc4ccccc4-c4ccc(Cl)cc4)CC3)cc2Oc2cnc3[nH]ccc3c2)cc1SC(F)(F)F. The van der Waals surface area contributed by atoms with Crippen molar-refractivity contribution in [2.75, 3.05) is 49.5 Å². The molecule has 1 aliphatic heterocycles. The number of ether oxygens (including phenoxy) is 1. The summed E-state index contributed by atoms with van der Waals surface area (Å²) >= 11 is 6.87. The molecule has 0 saturated carbocycles. The number of alkyl halides is 3. The predicted molar refractivity (Wildman–Crippen MR) is 221 cm³/mol. The average Bonchev–Trinajstić information content (AvgIpc) is 3.66. The Morgan fingerprint density at radius 3 is 2.55 bits per heavy atom. The summed E-state index contributed by atoms with van der Waals surface area (Å²) in [5, 5.41) is 4.57. The number of hydrogen-bond acceptors (Lipinski definition) is 9. The number of nitrogens with zero attached hydrogens (tertiary/aromatic N) is 3. The first kappa shape index (κ1) is 39.4. The van der Waals surface area contributed by atoms with Gasteiger partial charge in [-0.15, -0.1) is 0 Å². The maximum absolute atomic E-state index is 13.7. The summed E-state index contributed by atoms with van der Waals surface area (Å²) in [5.74, 6) is 0.308. The first-order valence-electron chi connectivity index (χ1n) is 18.0. The summed E-state index contributed by atoms with van der Waals surface area (Å²) in [5.41, 5.74) is 6.82. The van der Waals surface area contributed by atoms with Gasteiger partial charge in [0.1, 0.15) is 17.1 Å². The Morgan fingerprint density at radius 2 is 1.77 bits per heavy atom. The lowest BCUT2D eigenvalue weighted by molar-refractivity contribution is -0.0328. The van der Waals surface area contributed by atoms with Crippen molar-refractivity contribution in [1.82, 2.24) is 19.6 Å². The molecule has 56 heavy (non-hydrogen) atoms. The molecule has 2 aromatic heterocycles. The van der Waals surface area contributed by atoms with E-state index in [1.54, 1.807) is 30.6 Å². The van der Waals surface area contributed by atoms with Crippen molar-refractivity contribution in [3.8, 4) is 22.6 Å². The molecule has 1 saturated heterocycles. The summed E-state index contributed by atoms with van der Waals surface area (Å²) in [7, 11) is 0. The number of halogens is 4. The lowest BCUT2D eigenvalue weighted by Crippen LogP contribution is -2.46. The van der Waals surface area contributed by atoms with Gasteiger partial charge in [0.2, 0.25) is 0 Å². The molecule has 0 spiro atoms. The van der Waals surface area contributed by atoms with Crippen molar-refractivity contribution < 1.29 is 22.7 Å². The van der Waals surface area contributed by atoms with Crippen LogP contribution in [-0.2, 0) is 6.54 Å². The molecule has 0 radical (unpaired) electrons. The number of H-pyrrole nitrogens is 1. The molecular weight excluding hydrogens is 779 g/mol. The predicted octanol–water partition coefficient (Wildman–Crippen LogP) is 9.81. The zero-order chi connectivity index (χ0) is 39.1. The highest BCUT2D eigenvalue weighted by Gasteiger charge is 2.31. The van der Waals surface area contributed by atoms with Gasteiger partial charge in [-0.25, -0.2) is 4.98 Å². The van der Waals surface area contributed by atoms with Gasteiger partial charge in [0.05, 0.1) is 11.8 Å². The first-order valence-corrected chi connectivity index (χ1v) is 20.0. The number of nitrogens with one attached hydrogen (secondary N) is 3. The second-order valence-corrected chi connectivity index (χ2v) is 15.5. The molecule has 290 valence electrons. The highest BCUT2D eigenvalue weighted by atomic mass is 35.5. The molecule has 0 bridgehead atoms. The van der Waals surface area contributed by atoms with Crippen molar-refractivity contribution in [2.24, 2.45) is 5.73 Å². The molecule has 7 rings (SSSR count). The molecule has 1 fully saturated rings. The van der Waals surface area contributed by atoms with Crippen molar-refractivity contribution in [3.63, 3.8) is 0 Å². The van der Waals surface area contributed by atoms with E-state index in [0.29, 0.717) is 52.3 Å². The van der Waals surface area contributed by atoms with E-state index in [9.17, 15) is 18.0 Å². The smallest absolute Gasteiger partial charge is 0.446 e. The van der Waals surface area contributed by atoms with Gasteiger partial charge in [-0.3, -0.25) is 14.4 Å². The molecule has 15 heteroatoms. The summed E-state index contributed by atoms with van der Waals surface area (Å²) < 4.78 is 49.5. The zero-order valence-corrected chi connectivity index (χ0v) is 32.5. The van der Waals surface area contributed by atoms with Crippen LogP contribution in [-0.4, -0.2) is 65.6 Å². The van der Waals surface area contributed by atoms with Gasteiger partial charge in [-0.2, -0.15) is 13.2 Å². The summed E-state index contributed by atoms with van der Waals surface area (Å²) in [6, 6.07) is 30.1. The van der Waals surface area contributed by atoms with E-state index in [4.69, 9.17) is 22.1 Å². The average molecular weight is 818 g/mol. The number of fused-ring (bicyclic) bond motifs is 1. The minimum atomic E-state index is -4.49. The van der Waals surface area contributed by atoms with Crippen LogP contribution in [0, 0.1) is 0 Å². The minimum absolute atomic E-state index is 0.000608. The Labute approximate surface area is 336 Å². The van der Waals surface area contributed by atoms with Crippen molar-refractivity contribution in [3.05, 3.63) is 126 Å². The van der Waals surface area contributed by atoms with Crippen LogP contribution in [0.1, 0.15) is 22.3 Å². The van der Waals surface area contributed by atoms with Crippen molar-refractivity contribution >= 4 is 63.6 Å². The Bertz CT molecular complexity index is 2280. The normalized spacial score (nSPS) is 13.6. The van der Waals surface area contributed by atoms with E-state index in [2.05, 4.69) is 54.1 Å². The molecule has 9 nitrogen and oxygen atoms in total. The molecule has 0 aliphatic carbocycles. The van der Waals surface area contributed by atoms with E-state index >= 15 is 0 Å². The van der Waals surface area contributed by atoms with E-state index in [1.807, 2.05) is 48.5 Å². The quantitative estimate of drug-likeness (QED) is 0.0485. The summed E-state index contributed by atoms with van der Waals surface area (Å²) in [6.45, 7) is 4.83. The number of aromatic amines is 1. The second kappa shape index (κ2) is 17.9. The number of rotatable bonds is 14. The third-order valence-corrected chi connectivity index (χ3v) is 11.1. The molecule has 0 unspecified atom stereocenters. The van der Waals surface area contributed by atoms with Crippen LogP contribution in [0.4, 0.5) is 24.5 Å². The Kier molecular flexibility index (Phi) is 12.6. The number of carbonyl (C=O) groups is 1. The van der Waals surface area contributed by atoms with E-state index in [0.717, 1.165) is 61.3 Å². The monoisotopic (exact) mass is 817 g/mol. The maximum atomic E-state index is 13.7. The molecule has 6 aromatic rings. The number of anilines is 2. The van der Waals surface area contributed by atoms with Crippen LogP contribution in [0.15, 0.2) is 119 Å². The van der Waals surface area contributed by atoms with Gasteiger partial charge in [-0.05, 0) is 108 Å². The van der Waals surface area contributed by atoms with Gasteiger partial charge < -0.3 is 25.7 Å². The lowest BCUT2D eigenvalue weighted by atomic mass is 9.99. The van der Waals surface area contributed by atoms with E-state index < -0.39 is 11.4 Å². The third kappa shape index (κ3) is 10.1. The molecular formula is C41H39ClF3N7O2S2. The van der Waals surface area contributed by atoms with Crippen LogP contribution >= 0.6 is 35.3 Å². The standard InChI is InChI=1S/C41H39ClF3N7O2S2/c42-30-8-6-27(7-9-30)34-5-2-1-4-29(34)26-51-18-20-52(21-19-51)31-10-12-35(37(23-31)54-32-22-28-14-17-48-39(28)49-25-32)40(53)50-56-33-11-13-36(47-16-3-15-46)38(24-33)55-41(43,44)45/h1-2,4-14,17,22-25,47H,3,15-16,18-21,26,46H2,(H,48,49)(H,50,53). The molecule has 5 N–H and O–H groups in total. The Hall–Kier alpha value is -4.86. The molecule has 0 atom stereocenters. The van der Waals surface area contributed by atoms with Gasteiger partial charge in [0.25, 0.3) is 5.91 Å². The number of thioether (sulfide) groups is 1. The summed E-state index contributed by atoms with van der Waals surface area (Å²) in [4.78, 5) is 26.4. The molecule has 3 heterocycles. The fraction of sp³-hybridized carbons (Fsp3) is 0.220. The molecule has 4 aromatic carbocycles. The number of benzene rings is 4. The number of piperazine rings is 1. The van der Waals surface area contributed by atoms with Crippen molar-refractivity contribution in [2.45, 2.75) is 28.3 Å². The number of hydrogen-bond donors (Lipinski definition) is 4. The van der Waals surface area contributed by atoms with Gasteiger partial charge >= 0.3 is 5.51 Å². The number of carbonyl (C=O) groups excluding carboxylic acids is 1. The molecule has 1 aliphatic rings. The van der Waals surface area contributed by atoms with Crippen LogP contribution in [0.25, 0.3) is 22.2 Å². The number of pyridine rings is 1. The second-order valence-electron chi connectivity index (χ2n) is 13.1. The Balaban J connectivity index is 1.07. The van der Waals surface area contributed by atoms with E-state index in [-0.39, 0.29) is 22.2 Å². The number of aromatic nitrogens is 2. The Morgan fingerprint density at radius 1 is 0.964 bits per heavy atom.